The van der Waals surface area contributed by atoms with E-state index in [0.29, 0.717) is 18.1 Å². The van der Waals surface area contributed by atoms with Crippen LogP contribution in [0.3, 0.4) is 0 Å². The van der Waals surface area contributed by atoms with Crippen LogP contribution in [0.1, 0.15) is 29.0 Å². The van der Waals surface area contributed by atoms with Crippen molar-refractivity contribution < 1.29 is 19.2 Å². The Morgan fingerprint density at radius 2 is 2.22 bits per heavy atom. The summed E-state index contributed by atoms with van der Waals surface area (Å²) in [5.41, 5.74) is 0.108. The van der Waals surface area contributed by atoms with Crippen molar-refractivity contribution in [1.82, 2.24) is 10.1 Å². The molecule has 2 rings (SSSR count). The van der Waals surface area contributed by atoms with E-state index in [9.17, 15) is 4.79 Å². The number of aromatic carboxylic acids is 1. The average Bonchev–Trinajstić information content (AvgIpc) is 2.84. The predicted molar refractivity (Wildman–Crippen MR) is 61.4 cm³/mol. The van der Waals surface area contributed by atoms with Crippen molar-refractivity contribution in [2.45, 2.75) is 20.0 Å². The number of benzene rings is 1. The second-order valence-corrected chi connectivity index (χ2v) is 3.55. The quantitative estimate of drug-likeness (QED) is 0.869. The first kappa shape index (κ1) is 12.1. The first-order valence-corrected chi connectivity index (χ1v) is 5.47. The lowest BCUT2D eigenvalue weighted by Gasteiger charge is -2.06. The third-order valence-corrected chi connectivity index (χ3v) is 2.29. The molecule has 1 aromatic heterocycles. The third-order valence-electron chi connectivity index (χ3n) is 2.29. The van der Waals surface area contributed by atoms with Gasteiger partial charge in [0.1, 0.15) is 11.3 Å². The Labute approximate surface area is 103 Å². The minimum atomic E-state index is -1.03. The van der Waals surface area contributed by atoms with Gasteiger partial charge in [-0.25, -0.2) is 4.79 Å². The van der Waals surface area contributed by atoms with E-state index in [4.69, 9.17) is 14.4 Å². The van der Waals surface area contributed by atoms with Crippen LogP contribution in [-0.2, 0) is 13.0 Å². The maximum absolute atomic E-state index is 11.0. The highest BCUT2D eigenvalue weighted by Crippen LogP contribution is 2.18. The summed E-state index contributed by atoms with van der Waals surface area (Å²) in [6.07, 6.45) is 0.652. The van der Waals surface area contributed by atoms with Crippen molar-refractivity contribution in [1.29, 1.82) is 0 Å². The second-order valence-electron chi connectivity index (χ2n) is 3.55. The fourth-order valence-corrected chi connectivity index (χ4v) is 1.40. The lowest BCUT2D eigenvalue weighted by atomic mass is 10.2. The van der Waals surface area contributed by atoms with Crippen molar-refractivity contribution in [3.63, 3.8) is 0 Å². The van der Waals surface area contributed by atoms with Gasteiger partial charge in [0, 0.05) is 6.42 Å². The molecule has 0 radical (unpaired) electrons. The molecule has 0 atom stereocenters. The summed E-state index contributed by atoms with van der Waals surface area (Å²) in [5.74, 6) is 0.174. The highest BCUT2D eigenvalue weighted by atomic mass is 16.5. The van der Waals surface area contributed by atoms with Crippen LogP contribution < -0.4 is 4.74 Å². The van der Waals surface area contributed by atoms with E-state index in [1.165, 1.54) is 6.07 Å². The molecule has 0 spiro atoms. The average molecular weight is 248 g/mol. The van der Waals surface area contributed by atoms with Gasteiger partial charge in [0.05, 0.1) is 0 Å². The lowest BCUT2D eigenvalue weighted by Crippen LogP contribution is -2.04. The minimum absolute atomic E-state index is 0.0772. The van der Waals surface area contributed by atoms with E-state index >= 15 is 0 Å². The minimum Gasteiger partial charge on any atom is -0.485 e. The van der Waals surface area contributed by atoms with Crippen LogP contribution in [0, 0.1) is 0 Å². The van der Waals surface area contributed by atoms with Crippen molar-refractivity contribution in [3.05, 3.63) is 41.5 Å². The Morgan fingerprint density at radius 3 is 2.89 bits per heavy atom. The summed E-state index contributed by atoms with van der Waals surface area (Å²) in [7, 11) is 0. The van der Waals surface area contributed by atoms with E-state index in [-0.39, 0.29) is 17.9 Å². The zero-order valence-corrected chi connectivity index (χ0v) is 9.79. The molecule has 1 N–H and O–H groups in total. The number of carbonyl (C=O) groups is 1. The van der Waals surface area contributed by atoms with E-state index in [1.54, 1.807) is 18.2 Å². The molecular weight excluding hydrogens is 236 g/mol. The van der Waals surface area contributed by atoms with E-state index in [2.05, 4.69) is 10.1 Å². The highest BCUT2D eigenvalue weighted by Gasteiger charge is 2.11. The van der Waals surface area contributed by atoms with E-state index < -0.39 is 5.97 Å². The molecule has 1 aromatic carbocycles. The SMILES string of the molecule is CCc1nc(COc2ccccc2C(=O)O)no1. The zero-order valence-electron chi connectivity index (χ0n) is 9.79. The van der Waals surface area contributed by atoms with Gasteiger partial charge in [0.25, 0.3) is 0 Å². The fourth-order valence-electron chi connectivity index (χ4n) is 1.40. The van der Waals surface area contributed by atoms with Gasteiger partial charge < -0.3 is 14.4 Å². The summed E-state index contributed by atoms with van der Waals surface area (Å²) in [5, 5.41) is 12.7. The Bertz CT molecular complexity index is 551. The number of nitrogens with zero attached hydrogens (tertiary/aromatic N) is 2. The van der Waals surface area contributed by atoms with Gasteiger partial charge in [-0.2, -0.15) is 4.98 Å². The third kappa shape index (κ3) is 2.65. The topological polar surface area (TPSA) is 85.5 Å². The van der Waals surface area contributed by atoms with Crippen LogP contribution >= 0.6 is 0 Å². The molecule has 18 heavy (non-hydrogen) atoms. The van der Waals surface area contributed by atoms with Gasteiger partial charge in [0.2, 0.25) is 11.7 Å². The predicted octanol–water partition coefficient (Wildman–Crippen LogP) is 1.91. The van der Waals surface area contributed by atoms with Crippen molar-refractivity contribution in [2.75, 3.05) is 0 Å². The number of hydrogen-bond acceptors (Lipinski definition) is 5. The maximum atomic E-state index is 11.0. The Morgan fingerprint density at radius 1 is 1.44 bits per heavy atom. The molecule has 1 heterocycles. The van der Waals surface area contributed by atoms with Crippen LogP contribution in [0.4, 0.5) is 0 Å². The number of carboxylic acid groups (broad SMARTS) is 1. The monoisotopic (exact) mass is 248 g/mol. The number of aryl methyl sites for hydroxylation is 1. The molecule has 6 nitrogen and oxygen atoms in total. The normalized spacial score (nSPS) is 10.3. The van der Waals surface area contributed by atoms with Crippen LogP contribution in [0.5, 0.6) is 5.75 Å². The van der Waals surface area contributed by atoms with E-state index in [1.807, 2.05) is 6.92 Å². The molecule has 0 fully saturated rings. The largest absolute Gasteiger partial charge is 0.485 e. The summed E-state index contributed by atoms with van der Waals surface area (Å²) in [6.45, 7) is 1.98. The van der Waals surface area contributed by atoms with Gasteiger partial charge in [-0.15, -0.1) is 0 Å². The van der Waals surface area contributed by atoms with Gasteiger partial charge in [0.15, 0.2) is 6.61 Å². The summed E-state index contributed by atoms with van der Waals surface area (Å²) < 4.78 is 10.3. The van der Waals surface area contributed by atoms with Crippen LogP contribution in [0.15, 0.2) is 28.8 Å². The maximum Gasteiger partial charge on any atom is 0.339 e. The molecule has 0 aliphatic heterocycles. The van der Waals surface area contributed by atoms with Gasteiger partial charge >= 0.3 is 5.97 Å². The standard InChI is InChI=1S/C12H12N2O4/c1-2-11-13-10(14-18-11)7-17-9-6-4-3-5-8(9)12(15)16/h3-6H,2,7H2,1H3,(H,15,16). The molecule has 0 bridgehead atoms. The van der Waals surface area contributed by atoms with Crippen LogP contribution in [0.25, 0.3) is 0 Å². The molecule has 2 aromatic rings. The zero-order chi connectivity index (χ0) is 13.0. The number of hydrogen-bond donors (Lipinski definition) is 1. The lowest BCUT2D eigenvalue weighted by molar-refractivity contribution is 0.0691. The smallest absolute Gasteiger partial charge is 0.339 e. The van der Waals surface area contributed by atoms with Gasteiger partial charge in [-0.3, -0.25) is 0 Å². The highest BCUT2D eigenvalue weighted by molar-refractivity contribution is 5.90. The van der Waals surface area contributed by atoms with Crippen molar-refractivity contribution in [3.8, 4) is 5.75 Å². The van der Waals surface area contributed by atoms with Crippen molar-refractivity contribution >= 4 is 5.97 Å². The van der Waals surface area contributed by atoms with Gasteiger partial charge in [-0.05, 0) is 12.1 Å². The molecule has 0 amide bonds. The molecule has 0 aliphatic carbocycles. The van der Waals surface area contributed by atoms with Crippen LogP contribution in [-0.4, -0.2) is 21.2 Å². The molecule has 0 unspecified atom stereocenters. The first-order valence-electron chi connectivity index (χ1n) is 5.47. The Balaban J connectivity index is 2.08. The summed E-state index contributed by atoms with van der Waals surface area (Å²) >= 11 is 0. The Kier molecular flexibility index (Phi) is 3.57. The number of carboxylic acids is 1. The first-order chi connectivity index (χ1) is 8.70. The number of aromatic nitrogens is 2. The summed E-state index contributed by atoms with van der Waals surface area (Å²) in [4.78, 5) is 15.0. The van der Waals surface area contributed by atoms with E-state index in [0.717, 1.165) is 0 Å². The number of rotatable bonds is 5. The molecule has 0 saturated carbocycles. The molecule has 6 heteroatoms. The molecular formula is C12H12N2O4. The molecule has 94 valence electrons. The number of ether oxygens (including phenoxy) is 1. The number of para-hydroxylation sites is 1. The van der Waals surface area contributed by atoms with Crippen molar-refractivity contribution in [2.24, 2.45) is 0 Å². The van der Waals surface area contributed by atoms with Crippen LogP contribution in [0.2, 0.25) is 0 Å². The fraction of sp³-hybridized carbons (Fsp3) is 0.250. The molecule has 0 aliphatic rings. The Hall–Kier alpha value is -2.37. The molecule has 0 saturated heterocycles. The summed E-state index contributed by atoms with van der Waals surface area (Å²) in [6, 6.07) is 6.41. The van der Waals surface area contributed by atoms with Gasteiger partial charge in [-0.1, -0.05) is 24.2 Å². The second kappa shape index (κ2) is 5.31.